The average Bonchev–Trinajstić information content (AvgIpc) is 2.30. The molecule has 0 spiro atoms. The van der Waals surface area contributed by atoms with Crippen molar-refractivity contribution in [2.24, 2.45) is 5.41 Å². The summed E-state index contributed by atoms with van der Waals surface area (Å²) in [6.45, 7) is 3.65. The van der Waals surface area contributed by atoms with Crippen molar-refractivity contribution >= 4 is 17.6 Å². The van der Waals surface area contributed by atoms with Crippen molar-refractivity contribution in [3.05, 3.63) is 34.6 Å². The highest BCUT2D eigenvalue weighted by Crippen LogP contribution is 2.33. The lowest BCUT2D eigenvalue weighted by Crippen LogP contribution is -2.32. The van der Waals surface area contributed by atoms with E-state index < -0.39 is 17.2 Å². The highest BCUT2D eigenvalue weighted by atomic mass is 35.5. The van der Waals surface area contributed by atoms with Crippen LogP contribution < -0.4 is 0 Å². The fourth-order valence-corrected chi connectivity index (χ4v) is 2.11. The lowest BCUT2D eigenvalue weighted by molar-refractivity contribution is -0.149. The fraction of sp³-hybridized carbons (Fsp3) is 0.462. The molecule has 0 bridgehead atoms. The first-order valence-corrected chi connectivity index (χ1v) is 6.00. The molecule has 0 amide bonds. The Hall–Kier alpha value is -1.09. The van der Waals surface area contributed by atoms with Crippen molar-refractivity contribution in [3.63, 3.8) is 0 Å². The van der Waals surface area contributed by atoms with Gasteiger partial charge in [-0.1, -0.05) is 25.4 Å². The zero-order valence-electron chi connectivity index (χ0n) is 9.96. The van der Waals surface area contributed by atoms with E-state index in [2.05, 4.69) is 0 Å². The molecule has 0 saturated heterocycles. The van der Waals surface area contributed by atoms with Crippen molar-refractivity contribution in [3.8, 4) is 0 Å². The van der Waals surface area contributed by atoms with E-state index in [1.165, 1.54) is 18.2 Å². The number of benzene rings is 1. The third kappa shape index (κ3) is 2.97. The third-order valence-corrected chi connectivity index (χ3v) is 3.71. The molecule has 1 rings (SSSR count). The van der Waals surface area contributed by atoms with Crippen molar-refractivity contribution in [2.45, 2.75) is 33.1 Å². The number of hydrogen-bond donors (Lipinski definition) is 1. The van der Waals surface area contributed by atoms with E-state index in [0.29, 0.717) is 23.4 Å². The van der Waals surface area contributed by atoms with Gasteiger partial charge in [0, 0.05) is 5.02 Å². The number of carboxylic acid groups (broad SMARTS) is 1. The van der Waals surface area contributed by atoms with Gasteiger partial charge in [-0.25, -0.2) is 4.39 Å². The van der Waals surface area contributed by atoms with Gasteiger partial charge >= 0.3 is 5.97 Å². The molecule has 0 heterocycles. The van der Waals surface area contributed by atoms with E-state index in [1.807, 2.05) is 13.8 Å². The molecule has 0 saturated carbocycles. The monoisotopic (exact) mass is 258 g/mol. The van der Waals surface area contributed by atoms with Gasteiger partial charge in [-0.05, 0) is 43.0 Å². The first-order chi connectivity index (χ1) is 7.95. The third-order valence-electron chi connectivity index (χ3n) is 3.34. The molecule has 0 radical (unpaired) electrons. The first kappa shape index (κ1) is 14.0. The molecule has 0 unspecified atom stereocenters. The predicted molar refractivity (Wildman–Crippen MR) is 65.8 cm³/mol. The summed E-state index contributed by atoms with van der Waals surface area (Å²) in [4.78, 5) is 11.3. The number of aliphatic carboxylic acids is 1. The maximum atomic E-state index is 13.1. The number of carbonyl (C=O) groups is 1. The number of halogens is 2. The van der Waals surface area contributed by atoms with Crippen molar-refractivity contribution < 1.29 is 14.3 Å². The standard InChI is InChI=1S/C13H16ClFO2/c1-3-13(4-2,12(16)17)8-9-7-10(15)5-6-11(9)14/h5-7H,3-4,8H2,1-2H3,(H,16,17). The summed E-state index contributed by atoms with van der Waals surface area (Å²) in [7, 11) is 0. The Bertz CT molecular complexity index is 414. The minimum atomic E-state index is -0.864. The highest BCUT2D eigenvalue weighted by molar-refractivity contribution is 6.31. The Balaban J connectivity index is 3.09. The van der Waals surface area contributed by atoms with E-state index >= 15 is 0 Å². The van der Waals surface area contributed by atoms with Crippen LogP contribution in [0.1, 0.15) is 32.3 Å². The first-order valence-electron chi connectivity index (χ1n) is 5.62. The normalized spacial score (nSPS) is 11.5. The smallest absolute Gasteiger partial charge is 0.309 e. The van der Waals surface area contributed by atoms with Crippen LogP contribution in [-0.2, 0) is 11.2 Å². The molecule has 0 fully saturated rings. The van der Waals surface area contributed by atoms with Gasteiger partial charge in [-0.15, -0.1) is 0 Å². The van der Waals surface area contributed by atoms with Crippen LogP contribution in [0.15, 0.2) is 18.2 Å². The molecule has 0 aliphatic heterocycles. The zero-order valence-corrected chi connectivity index (χ0v) is 10.7. The minimum Gasteiger partial charge on any atom is -0.481 e. The summed E-state index contributed by atoms with van der Waals surface area (Å²) in [5.74, 6) is -1.25. The Morgan fingerprint density at radius 3 is 2.47 bits per heavy atom. The average molecular weight is 259 g/mol. The van der Waals surface area contributed by atoms with Crippen molar-refractivity contribution in [2.75, 3.05) is 0 Å². The fourth-order valence-electron chi connectivity index (χ4n) is 1.92. The van der Waals surface area contributed by atoms with Gasteiger partial charge in [-0.3, -0.25) is 4.79 Å². The van der Waals surface area contributed by atoms with Crippen LogP contribution in [0.2, 0.25) is 5.02 Å². The molecule has 1 aromatic carbocycles. The molecule has 1 N–H and O–H groups in total. The van der Waals surface area contributed by atoms with E-state index in [-0.39, 0.29) is 6.42 Å². The summed E-state index contributed by atoms with van der Waals surface area (Å²) in [6, 6.07) is 4.04. The summed E-state index contributed by atoms with van der Waals surface area (Å²) in [5, 5.41) is 9.72. The van der Waals surface area contributed by atoms with E-state index in [9.17, 15) is 14.3 Å². The molecular formula is C13H16ClFO2. The summed E-state index contributed by atoms with van der Waals surface area (Å²) >= 11 is 5.96. The van der Waals surface area contributed by atoms with Crippen molar-refractivity contribution in [1.82, 2.24) is 0 Å². The van der Waals surface area contributed by atoms with E-state index in [4.69, 9.17) is 11.6 Å². The summed E-state index contributed by atoms with van der Waals surface area (Å²) < 4.78 is 13.1. The lowest BCUT2D eigenvalue weighted by Gasteiger charge is -2.27. The maximum absolute atomic E-state index is 13.1. The quantitative estimate of drug-likeness (QED) is 0.869. The molecule has 0 aliphatic rings. The van der Waals surface area contributed by atoms with Crippen LogP contribution in [0.25, 0.3) is 0 Å². The second-order valence-electron chi connectivity index (χ2n) is 4.21. The highest BCUT2D eigenvalue weighted by Gasteiger charge is 2.35. The summed E-state index contributed by atoms with van der Waals surface area (Å²) in [5.41, 5.74) is -0.310. The van der Waals surface area contributed by atoms with E-state index in [0.717, 1.165) is 0 Å². The topological polar surface area (TPSA) is 37.3 Å². The Morgan fingerprint density at radius 2 is 2.00 bits per heavy atom. The Kier molecular flexibility index (Phi) is 4.52. The molecule has 17 heavy (non-hydrogen) atoms. The van der Waals surface area contributed by atoms with Crippen LogP contribution in [0.5, 0.6) is 0 Å². The van der Waals surface area contributed by atoms with Gasteiger partial charge < -0.3 is 5.11 Å². The molecule has 4 heteroatoms. The summed E-state index contributed by atoms with van der Waals surface area (Å²) in [6.07, 6.45) is 1.24. The number of rotatable bonds is 5. The molecule has 2 nitrogen and oxygen atoms in total. The van der Waals surface area contributed by atoms with Gasteiger partial charge in [0.15, 0.2) is 0 Å². The van der Waals surface area contributed by atoms with Crippen LogP contribution in [-0.4, -0.2) is 11.1 Å². The molecule has 0 aliphatic carbocycles. The largest absolute Gasteiger partial charge is 0.481 e. The molecule has 94 valence electrons. The molecular weight excluding hydrogens is 243 g/mol. The Morgan fingerprint density at radius 1 is 1.41 bits per heavy atom. The lowest BCUT2D eigenvalue weighted by atomic mass is 9.77. The van der Waals surface area contributed by atoms with Crippen molar-refractivity contribution in [1.29, 1.82) is 0 Å². The maximum Gasteiger partial charge on any atom is 0.309 e. The number of hydrogen-bond acceptors (Lipinski definition) is 1. The second-order valence-corrected chi connectivity index (χ2v) is 4.61. The van der Waals surface area contributed by atoms with Gasteiger partial charge in [-0.2, -0.15) is 0 Å². The van der Waals surface area contributed by atoms with Crippen LogP contribution in [0.3, 0.4) is 0 Å². The predicted octanol–water partition coefficient (Wildman–Crippen LogP) is 3.91. The molecule has 1 aromatic rings. The molecule has 0 aromatic heterocycles. The van der Waals surface area contributed by atoms with Gasteiger partial charge in [0.05, 0.1) is 5.41 Å². The number of carboxylic acids is 1. The Labute approximate surface area is 105 Å². The van der Waals surface area contributed by atoms with E-state index in [1.54, 1.807) is 0 Å². The minimum absolute atomic E-state index is 0.256. The van der Waals surface area contributed by atoms with Crippen LogP contribution >= 0.6 is 11.6 Å². The van der Waals surface area contributed by atoms with Gasteiger partial charge in [0.25, 0.3) is 0 Å². The second kappa shape index (κ2) is 5.50. The zero-order chi connectivity index (χ0) is 13.1. The van der Waals surface area contributed by atoms with Crippen LogP contribution in [0.4, 0.5) is 4.39 Å². The van der Waals surface area contributed by atoms with Crippen LogP contribution in [0, 0.1) is 11.2 Å². The van der Waals surface area contributed by atoms with Gasteiger partial charge in [0.2, 0.25) is 0 Å². The molecule has 0 atom stereocenters. The SMILES string of the molecule is CCC(CC)(Cc1cc(F)ccc1Cl)C(=O)O. The van der Waals surface area contributed by atoms with Gasteiger partial charge in [0.1, 0.15) is 5.82 Å².